The first kappa shape index (κ1) is 16.0. The SMILES string of the molecule is CCCCCCCCCCOC(=O)c1sccc1N. The zero-order valence-corrected chi connectivity index (χ0v) is 12.6. The molecule has 0 saturated carbocycles. The molecule has 1 heterocycles. The molecule has 2 N–H and O–H groups in total. The summed E-state index contributed by atoms with van der Waals surface area (Å²) in [7, 11) is 0. The van der Waals surface area contributed by atoms with E-state index in [-0.39, 0.29) is 5.97 Å². The van der Waals surface area contributed by atoms with Gasteiger partial charge in [-0.05, 0) is 17.9 Å². The highest BCUT2D eigenvalue weighted by molar-refractivity contribution is 7.12. The molecule has 19 heavy (non-hydrogen) atoms. The van der Waals surface area contributed by atoms with Gasteiger partial charge in [-0.1, -0.05) is 51.9 Å². The number of anilines is 1. The average molecular weight is 283 g/mol. The van der Waals surface area contributed by atoms with Crippen LogP contribution in [0.1, 0.15) is 68.0 Å². The maximum atomic E-state index is 11.6. The van der Waals surface area contributed by atoms with E-state index < -0.39 is 0 Å². The maximum absolute atomic E-state index is 11.6. The van der Waals surface area contributed by atoms with Gasteiger partial charge in [0.05, 0.1) is 12.3 Å². The van der Waals surface area contributed by atoms with Gasteiger partial charge in [0.15, 0.2) is 0 Å². The van der Waals surface area contributed by atoms with Gasteiger partial charge in [-0.25, -0.2) is 4.79 Å². The van der Waals surface area contributed by atoms with Crippen LogP contribution in [0.2, 0.25) is 0 Å². The van der Waals surface area contributed by atoms with Crippen molar-refractivity contribution in [1.29, 1.82) is 0 Å². The minimum atomic E-state index is -0.282. The van der Waals surface area contributed by atoms with Gasteiger partial charge in [0.1, 0.15) is 4.88 Å². The van der Waals surface area contributed by atoms with E-state index >= 15 is 0 Å². The van der Waals surface area contributed by atoms with Crippen LogP contribution >= 0.6 is 11.3 Å². The molecule has 0 amide bonds. The summed E-state index contributed by atoms with van der Waals surface area (Å²) in [5.41, 5.74) is 6.18. The molecule has 0 aliphatic rings. The van der Waals surface area contributed by atoms with Crippen LogP contribution in [0.4, 0.5) is 5.69 Å². The fraction of sp³-hybridized carbons (Fsp3) is 0.667. The second-order valence-corrected chi connectivity index (χ2v) is 5.73. The van der Waals surface area contributed by atoms with Gasteiger partial charge < -0.3 is 10.5 Å². The zero-order valence-electron chi connectivity index (χ0n) is 11.8. The second-order valence-electron chi connectivity index (χ2n) is 4.82. The third kappa shape index (κ3) is 6.62. The predicted molar refractivity (Wildman–Crippen MR) is 81.6 cm³/mol. The first-order chi connectivity index (χ1) is 9.25. The Hall–Kier alpha value is -1.03. The molecule has 0 radical (unpaired) electrons. The molecular formula is C15H25NO2S. The van der Waals surface area contributed by atoms with Gasteiger partial charge in [-0.15, -0.1) is 11.3 Å². The molecule has 0 atom stereocenters. The Labute approximate surface area is 120 Å². The maximum Gasteiger partial charge on any atom is 0.350 e. The first-order valence-corrected chi connectivity index (χ1v) is 8.13. The van der Waals surface area contributed by atoms with E-state index in [9.17, 15) is 4.79 Å². The Bertz CT molecular complexity index is 363. The number of ether oxygens (including phenoxy) is 1. The number of esters is 1. The van der Waals surface area contributed by atoms with Crippen LogP contribution in [0.25, 0.3) is 0 Å². The molecule has 0 aliphatic carbocycles. The summed E-state index contributed by atoms with van der Waals surface area (Å²) in [4.78, 5) is 12.2. The summed E-state index contributed by atoms with van der Waals surface area (Å²) in [6, 6.07) is 1.73. The van der Waals surface area contributed by atoms with Gasteiger partial charge in [0.2, 0.25) is 0 Å². The van der Waals surface area contributed by atoms with Crippen LogP contribution < -0.4 is 5.73 Å². The Kier molecular flexibility index (Phi) is 8.30. The largest absolute Gasteiger partial charge is 0.461 e. The minimum absolute atomic E-state index is 0.282. The normalized spacial score (nSPS) is 10.6. The highest BCUT2D eigenvalue weighted by Gasteiger charge is 2.11. The smallest absolute Gasteiger partial charge is 0.350 e. The molecule has 3 nitrogen and oxygen atoms in total. The summed E-state index contributed by atoms with van der Waals surface area (Å²) in [6.07, 6.45) is 9.95. The monoisotopic (exact) mass is 283 g/mol. The molecule has 1 aromatic rings. The Morgan fingerprint density at radius 2 is 1.79 bits per heavy atom. The molecule has 0 spiro atoms. The Morgan fingerprint density at radius 3 is 2.37 bits per heavy atom. The van der Waals surface area contributed by atoms with Crippen LogP contribution in [0.5, 0.6) is 0 Å². The summed E-state index contributed by atoms with van der Waals surface area (Å²) in [6.45, 7) is 2.74. The molecule has 0 aromatic carbocycles. The van der Waals surface area contributed by atoms with E-state index in [0.717, 1.165) is 12.8 Å². The molecule has 0 aliphatic heterocycles. The lowest BCUT2D eigenvalue weighted by Gasteiger charge is -2.04. The van der Waals surface area contributed by atoms with Gasteiger partial charge in [-0.2, -0.15) is 0 Å². The molecule has 0 saturated heterocycles. The van der Waals surface area contributed by atoms with E-state index in [1.54, 1.807) is 6.07 Å². The highest BCUT2D eigenvalue weighted by atomic mass is 32.1. The number of nitrogen functional groups attached to an aromatic ring is 1. The molecule has 4 heteroatoms. The summed E-state index contributed by atoms with van der Waals surface area (Å²) in [5.74, 6) is -0.282. The molecule has 1 aromatic heterocycles. The van der Waals surface area contributed by atoms with Crippen molar-refractivity contribution in [2.75, 3.05) is 12.3 Å². The van der Waals surface area contributed by atoms with Crippen LogP contribution in [0.3, 0.4) is 0 Å². The lowest BCUT2D eigenvalue weighted by atomic mass is 10.1. The highest BCUT2D eigenvalue weighted by Crippen LogP contribution is 2.19. The van der Waals surface area contributed by atoms with E-state index in [0.29, 0.717) is 17.2 Å². The minimum Gasteiger partial charge on any atom is -0.461 e. The van der Waals surface area contributed by atoms with Crippen molar-refractivity contribution in [2.24, 2.45) is 0 Å². The van der Waals surface area contributed by atoms with Crippen molar-refractivity contribution >= 4 is 23.0 Å². The van der Waals surface area contributed by atoms with Crippen LogP contribution in [0.15, 0.2) is 11.4 Å². The number of hydrogen-bond donors (Lipinski definition) is 1. The Balaban J connectivity index is 1.96. The average Bonchev–Trinajstić information content (AvgIpc) is 2.83. The number of carbonyl (C=O) groups excluding carboxylic acids is 1. The van der Waals surface area contributed by atoms with Gasteiger partial charge in [0.25, 0.3) is 0 Å². The number of carbonyl (C=O) groups is 1. The van der Waals surface area contributed by atoms with Gasteiger partial charge in [-0.3, -0.25) is 0 Å². The topological polar surface area (TPSA) is 52.3 Å². The van der Waals surface area contributed by atoms with Crippen molar-refractivity contribution in [1.82, 2.24) is 0 Å². The third-order valence-electron chi connectivity index (χ3n) is 3.11. The first-order valence-electron chi connectivity index (χ1n) is 7.25. The van der Waals surface area contributed by atoms with Crippen molar-refractivity contribution < 1.29 is 9.53 Å². The lowest BCUT2D eigenvalue weighted by molar-refractivity contribution is 0.0504. The molecule has 108 valence electrons. The number of nitrogens with two attached hydrogens (primary N) is 1. The number of hydrogen-bond acceptors (Lipinski definition) is 4. The Morgan fingerprint density at radius 1 is 1.16 bits per heavy atom. The molecular weight excluding hydrogens is 258 g/mol. The summed E-state index contributed by atoms with van der Waals surface area (Å²) >= 11 is 1.34. The number of thiophene rings is 1. The fourth-order valence-corrected chi connectivity index (χ4v) is 2.66. The van der Waals surface area contributed by atoms with Crippen molar-refractivity contribution in [3.8, 4) is 0 Å². The van der Waals surface area contributed by atoms with E-state index in [1.165, 1.54) is 49.9 Å². The van der Waals surface area contributed by atoms with Crippen molar-refractivity contribution in [3.05, 3.63) is 16.3 Å². The predicted octanol–water partition coefficient (Wildman–Crippen LogP) is 4.63. The quantitative estimate of drug-likeness (QED) is 0.503. The molecule has 0 fully saturated rings. The zero-order chi connectivity index (χ0) is 13.9. The van der Waals surface area contributed by atoms with Gasteiger partial charge >= 0.3 is 5.97 Å². The standard InChI is InChI=1S/C15H25NO2S/c1-2-3-4-5-6-7-8-9-11-18-15(17)14-13(16)10-12-19-14/h10,12H,2-9,11,16H2,1H3. The van der Waals surface area contributed by atoms with Crippen LogP contribution in [-0.4, -0.2) is 12.6 Å². The van der Waals surface area contributed by atoms with Crippen molar-refractivity contribution in [3.63, 3.8) is 0 Å². The lowest BCUT2D eigenvalue weighted by Crippen LogP contribution is -2.06. The number of unbranched alkanes of at least 4 members (excludes halogenated alkanes) is 7. The second kappa shape index (κ2) is 9.84. The van der Waals surface area contributed by atoms with Crippen LogP contribution in [-0.2, 0) is 4.74 Å². The van der Waals surface area contributed by atoms with E-state index in [2.05, 4.69) is 6.92 Å². The number of rotatable bonds is 10. The molecule has 1 rings (SSSR count). The molecule has 0 unspecified atom stereocenters. The van der Waals surface area contributed by atoms with E-state index in [1.807, 2.05) is 5.38 Å². The summed E-state index contributed by atoms with van der Waals surface area (Å²) < 4.78 is 5.20. The van der Waals surface area contributed by atoms with Gasteiger partial charge in [0, 0.05) is 0 Å². The third-order valence-corrected chi connectivity index (χ3v) is 4.02. The van der Waals surface area contributed by atoms with Crippen molar-refractivity contribution in [2.45, 2.75) is 58.3 Å². The fourth-order valence-electron chi connectivity index (χ4n) is 1.95. The van der Waals surface area contributed by atoms with Crippen LogP contribution in [0, 0.1) is 0 Å². The van der Waals surface area contributed by atoms with E-state index in [4.69, 9.17) is 10.5 Å². The summed E-state index contributed by atoms with van der Waals surface area (Å²) in [5, 5.41) is 1.81. The molecule has 0 bridgehead atoms.